The van der Waals surface area contributed by atoms with Crippen LogP contribution in [0.25, 0.3) is 0 Å². The van der Waals surface area contributed by atoms with Gasteiger partial charge in [-0.3, -0.25) is 4.79 Å². The fourth-order valence-corrected chi connectivity index (χ4v) is 1.83. The quantitative estimate of drug-likeness (QED) is 0.268. The Balaban J connectivity index is 3.32. The second-order valence-electron chi connectivity index (χ2n) is 5.02. The summed E-state index contributed by atoms with van der Waals surface area (Å²) in [7, 11) is 0. The van der Waals surface area contributed by atoms with Crippen LogP contribution in [0.3, 0.4) is 0 Å². The number of unbranched alkanes of at least 4 members (excludes halogenated alkanes) is 5. The minimum atomic E-state index is -0.695. The van der Waals surface area contributed by atoms with Crippen LogP contribution in [0.4, 0.5) is 0 Å². The van der Waals surface area contributed by atoms with Gasteiger partial charge in [-0.05, 0) is 44.9 Å². The molecule has 0 radical (unpaired) electrons. The summed E-state index contributed by atoms with van der Waals surface area (Å²) in [5.41, 5.74) is 0. The molecular formula is C18H30O2. The van der Waals surface area contributed by atoms with Crippen molar-refractivity contribution in [3.05, 3.63) is 36.5 Å². The molecule has 0 atom stereocenters. The van der Waals surface area contributed by atoms with Gasteiger partial charge < -0.3 is 5.11 Å². The van der Waals surface area contributed by atoms with Crippen molar-refractivity contribution in [1.82, 2.24) is 0 Å². The van der Waals surface area contributed by atoms with Crippen LogP contribution in [0, 0.1) is 0 Å². The summed E-state index contributed by atoms with van der Waals surface area (Å²) in [4.78, 5) is 10.3. The standard InChI is InChI=1S/C18H30O2/c1-2-3-4-5-6-7-8-9-10-11-12-13-14-15-16-17-18(19)20/h6-7,9-10,12-13H,2-5,8,11,14-17H2,1H3,(H,19,20)/b7-6-,10-9-,13-12-/i16+1. The highest BCUT2D eigenvalue weighted by Crippen LogP contribution is 2.02. The largest absolute Gasteiger partial charge is 0.481 e. The van der Waals surface area contributed by atoms with Gasteiger partial charge in [-0.2, -0.15) is 0 Å². The van der Waals surface area contributed by atoms with E-state index >= 15 is 0 Å². The summed E-state index contributed by atoms with van der Waals surface area (Å²) in [5, 5.41) is 8.48. The summed E-state index contributed by atoms with van der Waals surface area (Å²) in [5.74, 6) is -0.695. The Morgan fingerprint density at radius 1 is 0.800 bits per heavy atom. The summed E-state index contributed by atoms with van der Waals surface area (Å²) >= 11 is 0. The molecule has 2 nitrogen and oxygen atoms in total. The number of aliphatic carboxylic acids is 1. The van der Waals surface area contributed by atoms with Gasteiger partial charge in [-0.15, -0.1) is 0 Å². The number of carbonyl (C=O) groups is 1. The van der Waals surface area contributed by atoms with E-state index in [4.69, 9.17) is 5.11 Å². The molecule has 0 amide bonds. The van der Waals surface area contributed by atoms with E-state index < -0.39 is 5.97 Å². The molecule has 0 unspecified atom stereocenters. The lowest BCUT2D eigenvalue weighted by Crippen LogP contribution is -1.92. The Morgan fingerprint density at radius 3 is 1.80 bits per heavy atom. The Kier molecular flexibility index (Phi) is 14.7. The molecule has 0 saturated carbocycles. The van der Waals surface area contributed by atoms with Crippen molar-refractivity contribution in [2.45, 2.75) is 71.1 Å². The normalized spacial score (nSPS) is 12.1. The summed E-state index contributed by atoms with van der Waals surface area (Å²) in [6.45, 7) is 2.23. The van der Waals surface area contributed by atoms with E-state index in [2.05, 4.69) is 43.4 Å². The third kappa shape index (κ3) is 16.7. The lowest BCUT2D eigenvalue weighted by Gasteiger charge is -1.92. The average Bonchev–Trinajstić information content (AvgIpc) is 2.43. The van der Waals surface area contributed by atoms with Gasteiger partial charge in [-0.25, -0.2) is 0 Å². The summed E-state index contributed by atoms with van der Waals surface area (Å²) in [6.07, 6.45) is 23.3. The van der Waals surface area contributed by atoms with Gasteiger partial charge in [0.15, 0.2) is 0 Å². The van der Waals surface area contributed by atoms with E-state index in [1.165, 1.54) is 25.7 Å². The molecule has 0 saturated heterocycles. The van der Waals surface area contributed by atoms with Crippen LogP contribution in [-0.2, 0) is 4.79 Å². The second-order valence-corrected chi connectivity index (χ2v) is 5.02. The highest BCUT2D eigenvalue weighted by Gasteiger charge is 1.93. The maximum absolute atomic E-state index is 10.3. The minimum Gasteiger partial charge on any atom is -0.481 e. The van der Waals surface area contributed by atoms with Crippen molar-refractivity contribution in [1.29, 1.82) is 0 Å². The molecule has 0 aliphatic carbocycles. The van der Waals surface area contributed by atoms with Crippen molar-refractivity contribution in [2.24, 2.45) is 0 Å². The third-order valence-corrected chi connectivity index (χ3v) is 3.03. The molecule has 0 aromatic carbocycles. The molecule has 1 N–H and O–H groups in total. The number of allylic oxidation sites excluding steroid dienone is 6. The molecule has 0 rings (SSSR count). The van der Waals surface area contributed by atoms with Crippen molar-refractivity contribution in [3.63, 3.8) is 0 Å². The summed E-state index contributed by atoms with van der Waals surface area (Å²) < 4.78 is 0. The van der Waals surface area contributed by atoms with Crippen LogP contribution in [0.15, 0.2) is 36.5 Å². The summed E-state index contributed by atoms with van der Waals surface area (Å²) in [6, 6.07) is 0. The van der Waals surface area contributed by atoms with Crippen LogP contribution < -0.4 is 0 Å². The van der Waals surface area contributed by atoms with Gasteiger partial charge in [0.05, 0.1) is 0 Å². The first-order chi connectivity index (χ1) is 9.77. The molecule has 0 aromatic heterocycles. The SMILES string of the molecule is CCCCC/C=C\C/C=C\C/C=C\CC[13CH2]CC(=O)O. The lowest BCUT2D eigenvalue weighted by molar-refractivity contribution is -0.137. The Hall–Kier alpha value is -1.31. The molecule has 0 bridgehead atoms. The van der Waals surface area contributed by atoms with E-state index in [1.54, 1.807) is 0 Å². The zero-order valence-corrected chi connectivity index (χ0v) is 12.9. The van der Waals surface area contributed by atoms with Gasteiger partial charge in [-0.1, -0.05) is 56.2 Å². The monoisotopic (exact) mass is 279 g/mol. The third-order valence-electron chi connectivity index (χ3n) is 3.03. The fraction of sp³-hybridized carbons (Fsp3) is 0.611. The average molecular weight is 279 g/mol. The van der Waals surface area contributed by atoms with Gasteiger partial charge in [0.2, 0.25) is 0 Å². The second kappa shape index (κ2) is 15.7. The minimum absolute atomic E-state index is 0.290. The van der Waals surface area contributed by atoms with Crippen LogP contribution in [0.2, 0.25) is 0 Å². The maximum Gasteiger partial charge on any atom is 0.303 e. The van der Waals surface area contributed by atoms with Crippen LogP contribution in [0.1, 0.15) is 71.1 Å². The van der Waals surface area contributed by atoms with Crippen LogP contribution in [-0.4, -0.2) is 11.1 Å². The zero-order valence-electron chi connectivity index (χ0n) is 12.9. The first kappa shape index (κ1) is 18.7. The molecule has 114 valence electrons. The van der Waals surface area contributed by atoms with Gasteiger partial charge in [0.1, 0.15) is 0 Å². The number of carboxylic acid groups (broad SMARTS) is 1. The molecule has 0 aliphatic heterocycles. The number of carboxylic acids is 1. The van der Waals surface area contributed by atoms with Gasteiger partial charge >= 0.3 is 5.97 Å². The Bertz CT molecular complexity index is 301. The van der Waals surface area contributed by atoms with Crippen molar-refractivity contribution in [2.75, 3.05) is 0 Å². The Morgan fingerprint density at radius 2 is 1.30 bits per heavy atom. The van der Waals surface area contributed by atoms with Crippen molar-refractivity contribution in [3.8, 4) is 0 Å². The fourth-order valence-electron chi connectivity index (χ4n) is 1.83. The zero-order chi connectivity index (χ0) is 14.9. The number of hydrogen-bond acceptors (Lipinski definition) is 1. The van der Waals surface area contributed by atoms with E-state index in [0.29, 0.717) is 6.42 Å². The highest BCUT2D eigenvalue weighted by molar-refractivity contribution is 5.66. The van der Waals surface area contributed by atoms with E-state index in [1.807, 2.05) is 0 Å². The van der Waals surface area contributed by atoms with E-state index in [9.17, 15) is 4.79 Å². The Labute approximate surface area is 124 Å². The van der Waals surface area contributed by atoms with E-state index in [-0.39, 0.29) is 0 Å². The molecule has 0 fully saturated rings. The van der Waals surface area contributed by atoms with Crippen molar-refractivity contribution >= 4 is 5.97 Å². The molecule has 20 heavy (non-hydrogen) atoms. The molecular weight excluding hydrogens is 249 g/mol. The van der Waals surface area contributed by atoms with E-state index in [0.717, 1.165) is 32.1 Å². The topological polar surface area (TPSA) is 37.3 Å². The van der Waals surface area contributed by atoms with Crippen LogP contribution >= 0.6 is 0 Å². The lowest BCUT2D eigenvalue weighted by atomic mass is 10.2. The molecule has 0 aliphatic rings. The molecule has 2 heteroatoms. The smallest absolute Gasteiger partial charge is 0.303 e. The first-order valence-electron chi connectivity index (χ1n) is 7.94. The molecule has 0 aromatic rings. The number of rotatable bonds is 13. The number of hydrogen-bond donors (Lipinski definition) is 1. The van der Waals surface area contributed by atoms with Crippen molar-refractivity contribution < 1.29 is 9.90 Å². The van der Waals surface area contributed by atoms with Crippen LogP contribution in [0.5, 0.6) is 0 Å². The molecule has 0 heterocycles. The first-order valence-corrected chi connectivity index (χ1v) is 7.94. The van der Waals surface area contributed by atoms with Gasteiger partial charge in [0, 0.05) is 6.42 Å². The maximum atomic E-state index is 10.3. The predicted octanol–water partition coefficient (Wildman–Crippen LogP) is 5.66. The van der Waals surface area contributed by atoms with Gasteiger partial charge in [0.25, 0.3) is 0 Å². The predicted molar refractivity (Wildman–Crippen MR) is 86.9 cm³/mol. The molecule has 0 spiro atoms. The highest BCUT2D eigenvalue weighted by atomic mass is 16.4.